The molecular formula is C18H17N5O6. The quantitative estimate of drug-likeness (QED) is 0.445. The van der Waals surface area contributed by atoms with Crippen LogP contribution in [0.4, 0.5) is 17.1 Å². The molecule has 3 rings (SSSR count). The highest BCUT2D eigenvalue weighted by molar-refractivity contribution is 5.95. The number of hydrogen-bond donors (Lipinski definition) is 1. The minimum Gasteiger partial charge on any atom is -0.378 e. The Labute approximate surface area is 164 Å². The predicted molar refractivity (Wildman–Crippen MR) is 104 cm³/mol. The molecule has 0 spiro atoms. The van der Waals surface area contributed by atoms with Crippen molar-refractivity contribution in [1.29, 1.82) is 0 Å². The number of amides is 1. The van der Waals surface area contributed by atoms with Crippen LogP contribution in [-0.2, 0) is 4.74 Å². The predicted octanol–water partition coefficient (Wildman–Crippen LogP) is 2.10. The highest BCUT2D eigenvalue weighted by Gasteiger charge is 2.21. The average Bonchev–Trinajstić information content (AvgIpc) is 2.74. The lowest BCUT2D eigenvalue weighted by molar-refractivity contribution is -0.384. The van der Waals surface area contributed by atoms with E-state index in [2.05, 4.69) is 10.5 Å². The number of anilines is 1. The highest BCUT2D eigenvalue weighted by Crippen LogP contribution is 2.29. The zero-order valence-corrected chi connectivity index (χ0v) is 15.2. The van der Waals surface area contributed by atoms with Gasteiger partial charge in [0, 0.05) is 42.4 Å². The fourth-order valence-electron chi connectivity index (χ4n) is 2.83. The molecule has 29 heavy (non-hydrogen) atoms. The number of hydrazone groups is 1. The normalized spacial score (nSPS) is 14.0. The second-order valence-corrected chi connectivity index (χ2v) is 6.11. The summed E-state index contributed by atoms with van der Waals surface area (Å²) >= 11 is 0. The second kappa shape index (κ2) is 8.89. The Kier molecular flexibility index (Phi) is 6.09. The van der Waals surface area contributed by atoms with Crippen molar-refractivity contribution in [3.05, 3.63) is 73.8 Å². The van der Waals surface area contributed by atoms with Gasteiger partial charge in [0.05, 0.1) is 29.3 Å². The zero-order chi connectivity index (χ0) is 20.8. The molecule has 11 nitrogen and oxygen atoms in total. The third-order valence-corrected chi connectivity index (χ3v) is 4.25. The van der Waals surface area contributed by atoms with E-state index in [1.165, 1.54) is 30.5 Å². The van der Waals surface area contributed by atoms with Crippen molar-refractivity contribution >= 4 is 29.2 Å². The number of carbonyl (C=O) groups is 1. The summed E-state index contributed by atoms with van der Waals surface area (Å²) in [7, 11) is 0. The molecule has 1 heterocycles. The number of rotatable bonds is 6. The SMILES string of the molecule is O=C(N/N=C/c1ccc(N2CCOCC2)c([N+](=O)[O-])c1)c1cccc([N+](=O)[O-])c1. The molecule has 1 N–H and O–H groups in total. The van der Waals surface area contributed by atoms with Crippen molar-refractivity contribution in [3.8, 4) is 0 Å². The number of ether oxygens (including phenoxy) is 1. The molecule has 1 fully saturated rings. The van der Waals surface area contributed by atoms with Crippen LogP contribution in [0.25, 0.3) is 0 Å². The summed E-state index contributed by atoms with van der Waals surface area (Å²) in [6.07, 6.45) is 1.27. The van der Waals surface area contributed by atoms with E-state index in [-0.39, 0.29) is 16.9 Å². The van der Waals surface area contributed by atoms with Crippen molar-refractivity contribution < 1.29 is 19.4 Å². The molecule has 0 saturated carbocycles. The van der Waals surface area contributed by atoms with Crippen LogP contribution in [0.1, 0.15) is 15.9 Å². The average molecular weight is 399 g/mol. The van der Waals surface area contributed by atoms with Gasteiger partial charge in [0.25, 0.3) is 17.3 Å². The Bertz CT molecular complexity index is 971. The maximum absolute atomic E-state index is 12.1. The van der Waals surface area contributed by atoms with Gasteiger partial charge < -0.3 is 9.64 Å². The number of nitrogens with one attached hydrogen (secondary N) is 1. The molecular weight excluding hydrogens is 382 g/mol. The molecule has 2 aromatic carbocycles. The summed E-state index contributed by atoms with van der Waals surface area (Å²) in [4.78, 5) is 35.1. The molecule has 1 aliphatic heterocycles. The first-order valence-electron chi connectivity index (χ1n) is 8.64. The molecule has 0 aromatic heterocycles. The van der Waals surface area contributed by atoms with E-state index in [1.807, 2.05) is 4.90 Å². The van der Waals surface area contributed by atoms with Gasteiger partial charge in [0.15, 0.2) is 0 Å². The third-order valence-electron chi connectivity index (χ3n) is 4.25. The maximum atomic E-state index is 12.1. The van der Waals surface area contributed by atoms with Crippen LogP contribution in [0, 0.1) is 20.2 Å². The largest absolute Gasteiger partial charge is 0.378 e. The van der Waals surface area contributed by atoms with Gasteiger partial charge in [-0.25, -0.2) is 5.43 Å². The van der Waals surface area contributed by atoms with Crippen LogP contribution in [0.15, 0.2) is 47.6 Å². The molecule has 1 amide bonds. The molecule has 1 aliphatic rings. The molecule has 0 aliphatic carbocycles. The minimum absolute atomic E-state index is 0.0686. The highest BCUT2D eigenvalue weighted by atomic mass is 16.6. The van der Waals surface area contributed by atoms with Crippen LogP contribution in [0.3, 0.4) is 0 Å². The lowest BCUT2D eigenvalue weighted by Gasteiger charge is -2.28. The summed E-state index contributed by atoms with van der Waals surface area (Å²) in [5, 5.41) is 26.0. The number of non-ortho nitro benzene ring substituents is 1. The first-order chi connectivity index (χ1) is 14.0. The molecule has 11 heteroatoms. The van der Waals surface area contributed by atoms with E-state index in [9.17, 15) is 25.0 Å². The van der Waals surface area contributed by atoms with E-state index in [4.69, 9.17) is 4.74 Å². The molecule has 1 saturated heterocycles. The van der Waals surface area contributed by atoms with Crippen molar-refractivity contribution in [1.82, 2.24) is 5.43 Å². The van der Waals surface area contributed by atoms with Gasteiger partial charge in [-0.15, -0.1) is 0 Å². The van der Waals surface area contributed by atoms with Gasteiger partial charge in [-0.1, -0.05) is 12.1 Å². The number of morpholine rings is 1. The second-order valence-electron chi connectivity index (χ2n) is 6.11. The summed E-state index contributed by atoms with van der Waals surface area (Å²) < 4.78 is 5.27. The Hall–Kier alpha value is -3.86. The van der Waals surface area contributed by atoms with Gasteiger partial charge in [-0.2, -0.15) is 5.10 Å². The van der Waals surface area contributed by atoms with Crippen LogP contribution in [-0.4, -0.2) is 48.3 Å². The topological polar surface area (TPSA) is 140 Å². The summed E-state index contributed by atoms with van der Waals surface area (Å²) in [5.41, 5.74) is 2.97. The molecule has 0 bridgehead atoms. The van der Waals surface area contributed by atoms with E-state index in [0.717, 1.165) is 6.07 Å². The maximum Gasteiger partial charge on any atom is 0.293 e. The number of nitro benzene ring substituents is 2. The van der Waals surface area contributed by atoms with Crippen LogP contribution in [0.5, 0.6) is 0 Å². The fraction of sp³-hybridized carbons (Fsp3) is 0.222. The zero-order valence-electron chi connectivity index (χ0n) is 15.2. The van der Waals surface area contributed by atoms with Crippen LogP contribution < -0.4 is 10.3 Å². The third kappa shape index (κ3) is 4.90. The first-order valence-corrected chi connectivity index (χ1v) is 8.64. The van der Waals surface area contributed by atoms with Crippen molar-refractivity contribution in [2.24, 2.45) is 5.10 Å². The van der Waals surface area contributed by atoms with Gasteiger partial charge in [-0.3, -0.25) is 25.0 Å². The van der Waals surface area contributed by atoms with E-state index in [1.54, 1.807) is 12.1 Å². The van der Waals surface area contributed by atoms with Crippen LogP contribution in [0.2, 0.25) is 0 Å². The van der Waals surface area contributed by atoms with E-state index in [0.29, 0.717) is 37.6 Å². The first kappa shape index (κ1) is 19.9. The molecule has 150 valence electrons. The summed E-state index contributed by atoms with van der Waals surface area (Å²) in [5.74, 6) is -0.635. The Morgan fingerprint density at radius 3 is 2.55 bits per heavy atom. The lowest BCUT2D eigenvalue weighted by atomic mass is 10.1. The molecule has 2 aromatic rings. The van der Waals surface area contributed by atoms with E-state index < -0.39 is 15.8 Å². The molecule has 0 atom stereocenters. The smallest absolute Gasteiger partial charge is 0.293 e. The number of carbonyl (C=O) groups excluding carboxylic acids is 1. The molecule has 0 unspecified atom stereocenters. The van der Waals surface area contributed by atoms with Crippen molar-refractivity contribution in [2.75, 3.05) is 31.2 Å². The number of nitro groups is 2. The van der Waals surface area contributed by atoms with Crippen LogP contribution >= 0.6 is 0 Å². The number of nitrogens with zero attached hydrogens (tertiary/aromatic N) is 4. The number of hydrogen-bond acceptors (Lipinski definition) is 8. The van der Waals surface area contributed by atoms with Gasteiger partial charge in [0.1, 0.15) is 5.69 Å². The fourth-order valence-corrected chi connectivity index (χ4v) is 2.83. The molecule has 0 radical (unpaired) electrons. The standard InChI is InChI=1S/C18H17N5O6/c24-18(14-2-1-3-15(11-14)22(25)26)20-19-12-13-4-5-16(17(10-13)23(27)28)21-6-8-29-9-7-21/h1-5,10-12H,6-9H2,(H,20,24)/b19-12+. The van der Waals surface area contributed by atoms with Crippen molar-refractivity contribution in [3.63, 3.8) is 0 Å². The summed E-state index contributed by atoms with van der Waals surface area (Å²) in [6.45, 7) is 2.13. The van der Waals surface area contributed by atoms with Gasteiger partial charge in [-0.05, 0) is 12.1 Å². The Morgan fingerprint density at radius 1 is 1.10 bits per heavy atom. The lowest BCUT2D eigenvalue weighted by Crippen LogP contribution is -2.36. The van der Waals surface area contributed by atoms with Crippen molar-refractivity contribution in [2.45, 2.75) is 0 Å². The monoisotopic (exact) mass is 399 g/mol. The number of benzene rings is 2. The Morgan fingerprint density at radius 2 is 1.86 bits per heavy atom. The van der Waals surface area contributed by atoms with E-state index >= 15 is 0 Å². The summed E-state index contributed by atoms with van der Waals surface area (Å²) in [6, 6.07) is 9.87. The van der Waals surface area contributed by atoms with Gasteiger partial charge in [0.2, 0.25) is 0 Å². The Balaban J connectivity index is 1.72. The minimum atomic E-state index is -0.635. The van der Waals surface area contributed by atoms with Gasteiger partial charge >= 0.3 is 0 Å².